The maximum Gasteiger partial charge on any atom is 0.264 e. The van der Waals surface area contributed by atoms with E-state index in [0.717, 1.165) is 12.5 Å². The maximum absolute atomic E-state index is 12.2. The molecule has 2 aliphatic heterocycles. The molecule has 2 heterocycles. The second kappa shape index (κ2) is 10.1. The monoisotopic (exact) mass is 511 g/mol. The molecule has 10 nitrogen and oxygen atoms in total. The van der Waals surface area contributed by atoms with E-state index >= 15 is 0 Å². The van der Waals surface area contributed by atoms with Crippen LogP contribution in [0.1, 0.15) is 17.4 Å². The summed E-state index contributed by atoms with van der Waals surface area (Å²) in [5, 5.41) is 0. The van der Waals surface area contributed by atoms with Gasteiger partial charge in [0.2, 0.25) is 5.90 Å². The van der Waals surface area contributed by atoms with E-state index in [-0.39, 0.29) is 13.2 Å². The highest BCUT2D eigenvalue weighted by atomic mass is 32.2. The third-order valence-corrected chi connectivity index (χ3v) is 6.28. The van der Waals surface area contributed by atoms with Gasteiger partial charge in [-0.1, -0.05) is 48.5 Å². The van der Waals surface area contributed by atoms with Crippen LogP contribution in [0.4, 0.5) is 0 Å². The Morgan fingerprint density at radius 3 is 2.18 bits per heavy atom. The minimum Gasteiger partial charge on any atom is -0.475 e. The molecule has 1 saturated heterocycles. The van der Waals surface area contributed by atoms with Crippen LogP contribution in [-0.4, -0.2) is 72.8 Å². The summed E-state index contributed by atoms with van der Waals surface area (Å²) in [5.74, 6) is 0.319. The number of aliphatic imine (C=N–C) groups is 1. The lowest BCUT2D eigenvalue weighted by atomic mass is 10.0. The smallest absolute Gasteiger partial charge is 0.264 e. The van der Waals surface area contributed by atoms with Gasteiger partial charge in [0, 0.05) is 11.1 Å². The molecule has 0 spiro atoms. The highest BCUT2D eigenvalue weighted by Crippen LogP contribution is 2.33. The average molecular weight is 512 g/mol. The molecule has 0 saturated carbocycles. The van der Waals surface area contributed by atoms with Gasteiger partial charge < -0.3 is 14.2 Å². The van der Waals surface area contributed by atoms with Crippen molar-refractivity contribution in [2.75, 3.05) is 25.7 Å². The quantitative estimate of drug-likeness (QED) is 0.486. The summed E-state index contributed by atoms with van der Waals surface area (Å²) in [6.07, 6.45) is -2.66. The highest BCUT2D eigenvalue weighted by molar-refractivity contribution is 7.86. The Morgan fingerprint density at radius 2 is 1.56 bits per heavy atom. The molecule has 4 rings (SSSR count). The second-order valence-electron chi connectivity index (χ2n) is 7.96. The van der Waals surface area contributed by atoms with Crippen LogP contribution in [0.2, 0.25) is 0 Å². The van der Waals surface area contributed by atoms with E-state index in [1.807, 2.05) is 24.3 Å². The third kappa shape index (κ3) is 6.40. The van der Waals surface area contributed by atoms with Crippen molar-refractivity contribution in [2.45, 2.75) is 30.6 Å². The molecule has 0 unspecified atom stereocenters. The zero-order valence-corrected chi connectivity index (χ0v) is 20.1. The highest BCUT2D eigenvalue weighted by Gasteiger charge is 2.47. The molecule has 2 aromatic rings. The molecule has 34 heavy (non-hydrogen) atoms. The second-order valence-corrected chi connectivity index (χ2v) is 11.2. The van der Waals surface area contributed by atoms with Crippen molar-refractivity contribution in [3.8, 4) is 0 Å². The predicted molar refractivity (Wildman–Crippen MR) is 122 cm³/mol. The molecule has 184 valence electrons. The van der Waals surface area contributed by atoms with Crippen LogP contribution in [0, 0.1) is 0 Å². The van der Waals surface area contributed by atoms with Crippen LogP contribution < -0.4 is 0 Å². The maximum atomic E-state index is 12.2. The van der Waals surface area contributed by atoms with E-state index in [4.69, 9.17) is 22.6 Å². The van der Waals surface area contributed by atoms with E-state index in [9.17, 15) is 16.8 Å². The van der Waals surface area contributed by atoms with Gasteiger partial charge >= 0.3 is 0 Å². The number of hydrogen-bond acceptors (Lipinski definition) is 10. The van der Waals surface area contributed by atoms with Crippen LogP contribution >= 0.6 is 0 Å². The molecule has 12 heteroatoms. The Morgan fingerprint density at radius 1 is 0.912 bits per heavy atom. The zero-order chi connectivity index (χ0) is 24.3. The first kappa shape index (κ1) is 24.8. The topological polar surface area (TPSA) is 127 Å². The minimum atomic E-state index is -3.99. The van der Waals surface area contributed by atoms with Gasteiger partial charge in [-0.2, -0.15) is 16.8 Å². The number of benzene rings is 2. The van der Waals surface area contributed by atoms with E-state index in [2.05, 4.69) is 4.99 Å². The van der Waals surface area contributed by atoms with Crippen LogP contribution in [0.3, 0.4) is 0 Å². The predicted octanol–water partition coefficient (Wildman–Crippen LogP) is 1.64. The molecule has 0 N–H and O–H groups in total. The van der Waals surface area contributed by atoms with Crippen LogP contribution in [0.5, 0.6) is 0 Å². The summed E-state index contributed by atoms with van der Waals surface area (Å²) in [5.41, 5.74) is 1.38. The molecule has 0 aliphatic carbocycles. The first-order valence-electron chi connectivity index (χ1n) is 10.4. The summed E-state index contributed by atoms with van der Waals surface area (Å²) in [6, 6.07) is 17.2. The van der Waals surface area contributed by atoms with Gasteiger partial charge in [0.1, 0.15) is 31.0 Å². The molecule has 0 radical (unpaired) electrons. The number of ether oxygens (including phenoxy) is 3. The lowest BCUT2D eigenvalue weighted by molar-refractivity contribution is -0.268. The van der Waals surface area contributed by atoms with Crippen LogP contribution in [-0.2, 0) is 42.8 Å². The molecule has 2 aliphatic rings. The summed E-state index contributed by atoms with van der Waals surface area (Å²) in [6.45, 7) is -0.170. The fourth-order valence-corrected chi connectivity index (χ4v) is 5.02. The summed E-state index contributed by atoms with van der Waals surface area (Å²) in [4.78, 5) is 4.53. The zero-order valence-electron chi connectivity index (χ0n) is 18.5. The Balaban J connectivity index is 1.69. The molecular formula is C22H25NO9S2. The van der Waals surface area contributed by atoms with E-state index in [1.165, 1.54) is 0 Å². The van der Waals surface area contributed by atoms with E-state index in [0.29, 0.717) is 17.0 Å². The summed E-state index contributed by atoms with van der Waals surface area (Å²) < 4.78 is 76.3. The normalized spacial score (nSPS) is 26.5. The van der Waals surface area contributed by atoms with Gasteiger partial charge in [-0.05, 0) is 12.1 Å². The van der Waals surface area contributed by atoms with Gasteiger partial charge in [-0.25, -0.2) is 4.99 Å². The Bertz CT molecular complexity index is 1220. The van der Waals surface area contributed by atoms with Crippen molar-refractivity contribution in [3.05, 3.63) is 71.8 Å². The molecule has 0 amide bonds. The van der Waals surface area contributed by atoms with E-state index < -0.39 is 50.9 Å². The average Bonchev–Trinajstić information content (AvgIpc) is 3.28. The van der Waals surface area contributed by atoms with E-state index in [1.54, 1.807) is 36.4 Å². The first-order chi connectivity index (χ1) is 16.1. The van der Waals surface area contributed by atoms with Gasteiger partial charge in [-0.3, -0.25) is 8.37 Å². The largest absolute Gasteiger partial charge is 0.475 e. The Hall–Kier alpha value is -2.35. The van der Waals surface area contributed by atoms with Crippen molar-refractivity contribution >= 4 is 26.1 Å². The van der Waals surface area contributed by atoms with Gasteiger partial charge in [-0.15, -0.1) is 0 Å². The van der Waals surface area contributed by atoms with Crippen LogP contribution in [0.15, 0.2) is 65.7 Å². The van der Waals surface area contributed by atoms with Crippen LogP contribution in [0.25, 0.3) is 0 Å². The van der Waals surface area contributed by atoms with Gasteiger partial charge in [0.05, 0.1) is 19.1 Å². The molecule has 2 aromatic carbocycles. The Kier molecular flexibility index (Phi) is 7.36. The van der Waals surface area contributed by atoms with Crippen molar-refractivity contribution in [1.29, 1.82) is 0 Å². The molecular weight excluding hydrogens is 486 g/mol. The number of nitrogens with zero attached hydrogens (tertiary/aromatic N) is 1. The fourth-order valence-electron chi connectivity index (χ4n) is 3.76. The van der Waals surface area contributed by atoms with Crippen molar-refractivity contribution < 1.29 is 39.4 Å². The fraction of sp³-hybridized carbons (Fsp3) is 0.409. The third-order valence-electron chi connectivity index (χ3n) is 5.11. The molecule has 0 bridgehead atoms. The SMILES string of the molecule is CS(=O)(=O)O[C@@H]([C@@H]1O[C@H](c2ccccc2)OC[C@H]1OS(C)(=O)=O)[C@@H]1COC(c2ccccc2)=N1. The first-order valence-corrected chi connectivity index (χ1v) is 14.1. The minimum absolute atomic E-state index is 0.00668. The van der Waals surface area contributed by atoms with Crippen molar-refractivity contribution in [3.63, 3.8) is 0 Å². The standard InChI is InChI=1S/C22H25NO9S2/c1-33(24,25)31-18-14-29-22(16-11-7-4-8-12-16)30-20(18)19(32-34(2,26)27)17-13-28-21(23-17)15-9-5-3-6-10-15/h3-12,17-20,22H,13-14H2,1-2H3/t17-,18+,19+,20+,22+/m0/s1. The lowest BCUT2D eigenvalue weighted by Gasteiger charge is -2.39. The number of rotatable bonds is 8. The Labute approximate surface area is 198 Å². The van der Waals surface area contributed by atoms with Gasteiger partial charge in [0.15, 0.2) is 6.29 Å². The summed E-state index contributed by atoms with van der Waals surface area (Å²) >= 11 is 0. The molecule has 0 aromatic heterocycles. The molecule has 5 atom stereocenters. The van der Waals surface area contributed by atoms with Crippen molar-refractivity contribution in [2.24, 2.45) is 4.99 Å². The van der Waals surface area contributed by atoms with Gasteiger partial charge in [0.25, 0.3) is 20.2 Å². The lowest BCUT2D eigenvalue weighted by Crippen LogP contribution is -2.54. The summed E-state index contributed by atoms with van der Waals surface area (Å²) in [7, 11) is -7.92. The number of hydrogen-bond donors (Lipinski definition) is 0. The molecule has 1 fully saturated rings. The van der Waals surface area contributed by atoms with Crippen molar-refractivity contribution in [1.82, 2.24) is 0 Å².